The first-order chi connectivity index (χ1) is 30.0. The average molecular weight is 788 g/mol. The van der Waals surface area contributed by atoms with Crippen molar-refractivity contribution in [2.75, 3.05) is 6.54 Å². The molecule has 1 fully saturated rings. The van der Waals surface area contributed by atoms with Crippen LogP contribution in [0, 0.1) is 5.92 Å². The van der Waals surface area contributed by atoms with Gasteiger partial charge in [0.2, 0.25) is 0 Å². The maximum atomic E-state index is 14.6. The quantitative estimate of drug-likeness (QED) is 0.153. The van der Waals surface area contributed by atoms with Crippen LogP contribution in [-0.2, 0) is 28.6 Å². The van der Waals surface area contributed by atoms with Crippen LogP contribution in [0.25, 0.3) is 55.6 Å². The summed E-state index contributed by atoms with van der Waals surface area (Å²) < 4.78 is 0. The van der Waals surface area contributed by atoms with E-state index >= 15 is 0 Å². The van der Waals surface area contributed by atoms with Crippen molar-refractivity contribution in [3.8, 4) is 55.6 Å². The molecule has 0 amide bonds. The first-order valence-corrected chi connectivity index (χ1v) is 22.0. The third-order valence-electron chi connectivity index (χ3n) is 14.5. The van der Waals surface area contributed by atoms with E-state index in [9.17, 15) is 4.79 Å². The van der Waals surface area contributed by atoms with Crippen LogP contribution in [0.5, 0.6) is 0 Å². The fraction of sp³-hybridized carbons (Fsp3) is 0.169. The van der Waals surface area contributed by atoms with Crippen LogP contribution in [0.1, 0.15) is 48.1 Å². The number of ketones is 1. The van der Waals surface area contributed by atoms with Gasteiger partial charge in [0.15, 0.2) is 0 Å². The fourth-order valence-electron chi connectivity index (χ4n) is 12.2. The summed E-state index contributed by atoms with van der Waals surface area (Å²) in [6.07, 6.45) is 2.67. The number of fused-ring (bicyclic) bond motifs is 9. The lowest BCUT2D eigenvalue weighted by atomic mass is 9.54. The lowest BCUT2D eigenvalue weighted by Crippen LogP contribution is -2.58. The highest BCUT2D eigenvalue weighted by Crippen LogP contribution is 2.71. The van der Waals surface area contributed by atoms with Crippen molar-refractivity contribution in [3.63, 3.8) is 0 Å². The molecule has 1 aliphatic carbocycles. The SMILES string of the molecule is CC(=O)C1[C@@H](C)C2(c3cc(-c4ccccc4)c(-c4ccccc4)cc3-c3cc(-c4ccccc4)c(-c4ccccc4)cc32)[C@@]2(CCc3ccccc3)c3ccccc3CCN12. The maximum Gasteiger partial charge on any atom is 0.147 e. The van der Waals surface area contributed by atoms with E-state index in [1.807, 2.05) is 6.92 Å². The number of Topliss-reactive ketones (excluding diaryl/α,β-unsaturated/α-hetero) is 1. The summed E-state index contributed by atoms with van der Waals surface area (Å²) in [5, 5.41) is 0. The number of rotatable bonds is 8. The van der Waals surface area contributed by atoms with Gasteiger partial charge in [-0.05, 0) is 140 Å². The molecule has 0 N–H and O–H groups in total. The zero-order valence-corrected chi connectivity index (χ0v) is 34.9. The second-order valence-electron chi connectivity index (χ2n) is 17.4. The number of aryl methyl sites for hydroxylation is 1. The molecule has 11 rings (SSSR count). The Kier molecular flexibility index (Phi) is 9.09. The molecule has 61 heavy (non-hydrogen) atoms. The van der Waals surface area contributed by atoms with E-state index in [1.54, 1.807) is 0 Å². The highest BCUT2D eigenvalue weighted by atomic mass is 16.1. The second-order valence-corrected chi connectivity index (χ2v) is 17.4. The summed E-state index contributed by atoms with van der Waals surface area (Å²) in [4.78, 5) is 17.3. The van der Waals surface area contributed by atoms with Gasteiger partial charge in [0.25, 0.3) is 0 Å². The molecule has 1 saturated heterocycles. The monoisotopic (exact) mass is 787 g/mol. The molecule has 0 saturated carbocycles. The van der Waals surface area contributed by atoms with E-state index < -0.39 is 11.0 Å². The van der Waals surface area contributed by atoms with E-state index in [1.165, 1.54) is 83.5 Å². The van der Waals surface area contributed by atoms with E-state index in [2.05, 4.69) is 212 Å². The minimum Gasteiger partial charge on any atom is -0.298 e. The molecule has 2 heterocycles. The number of hydrogen-bond acceptors (Lipinski definition) is 2. The van der Waals surface area contributed by atoms with Crippen molar-refractivity contribution in [1.29, 1.82) is 0 Å². The minimum absolute atomic E-state index is 0.0515. The Morgan fingerprint density at radius 1 is 0.508 bits per heavy atom. The van der Waals surface area contributed by atoms with Crippen LogP contribution < -0.4 is 0 Å². The van der Waals surface area contributed by atoms with Crippen molar-refractivity contribution in [2.45, 2.75) is 50.1 Å². The van der Waals surface area contributed by atoms with Crippen LogP contribution >= 0.6 is 0 Å². The fourth-order valence-corrected chi connectivity index (χ4v) is 12.2. The van der Waals surface area contributed by atoms with Crippen molar-refractivity contribution in [1.82, 2.24) is 4.90 Å². The molecule has 1 unspecified atom stereocenters. The maximum absolute atomic E-state index is 14.6. The number of benzene rings is 8. The van der Waals surface area contributed by atoms with Gasteiger partial charge >= 0.3 is 0 Å². The first-order valence-electron chi connectivity index (χ1n) is 22.0. The molecule has 1 spiro atoms. The molecule has 296 valence electrons. The van der Waals surface area contributed by atoms with Crippen molar-refractivity contribution < 1.29 is 4.79 Å². The predicted molar refractivity (Wildman–Crippen MR) is 251 cm³/mol. The van der Waals surface area contributed by atoms with Crippen LogP contribution in [-0.4, -0.2) is 23.3 Å². The summed E-state index contributed by atoms with van der Waals surface area (Å²) >= 11 is 0. The van der Waals surface area contributed by atoms with Gasteiger partial charge in [-0.15, -0.1) is 0 Å². The highest BCUT2D eigenvalue weighted by Gasteiger charge is 2.72. The molecule has 0 aromatic heterocycles. The predicted octanol–water partition coefficient (Wildman–Crippen LogP) is 13.6. The lowest BCUT2D eigenvalue weighted by molar-refractivity contribution is -0.123. The first kappa shape index (κ1) is 37.4. The summed E-state index contributed by atoms with van der Waals surface area (Å²) in [6.45, 7) is 5.09. The van der Waals surface area contributed by atoms with Gasteiger partial charge in [0.05, 0.1) is 11.6 Å². The Morgan fingerprint density at radius 3 is 1.38 bits per heavy atom. The van der Waals surface area contributed by atoms with Crippen LogP contribution in [0.3, 0.4) is 0 Å². The standard InChI is InChI=1S/C59H49NO/c1-40-57(41(2)61)60-35-33-47-30-18-19-31-54(47)58(60,34-32-42-20-8-3-9-21-42)59(40)55-38-50(45-26-14-6-15-27-45)48(43-22-10-4-11-23-43)36-52(55)53-37-49(44-24-12-5-13-25-44)51(39-56(53)59)46-28-16-7-17-29-46/h3-31,36-40,57H,32-35H2,1-2H3/t40-,57?,58-/m1/s1. The Balaban J connectivity index is 1.33. The molecule has 8 aromatic rings. The van der Waals surface area contributed by atoms with Crippen molar-refractivity contribution in [2.24, 2.45) is 5.92 Å². The van der Waals surface area contributed by atoms with Crippen molar-refractivity contribution in [3.05, 3.63) is 228 Å². The molecular formula is C59H49NO. The second kappa shape index (κ2) is 14.8. The largest absolute Gasteiger partial charge is 0.298 e. The summed E-state index contributed by atoms with van der Waals surface area (Å²) in [6, 6.07) is 73.8. The van der Waals surface area contributed by atoms with E-state index in [0.717, 1.165) is 25.8 Å². The Morgan fingerprint density at radius 2 is 0.918 bits per heavy atom. The number of hydrogen-bond donors (Lipinski definition) is 0. The zero-order valence-electron chi connectivity index (χ0n) is 34.9. The molecule has 0 bridgehead atoms. The van der Waals surface area contributed by atoms with E-state index in [0.29, 0.717) is 0 Å². The minimum atomic E-state index is -0.600. The number of carbonyl (C=O) groups excluding carboxylic acids is 1. The molecule has 2 nitrogen and oxygen atoms in total. The normalized spacial score (nSPS) is 19.5. The van der Waals surface area contributed by atoms with Gasteiger partial charge in [-0.3, -0.25) is 9.69 Å². The van der Waals surface area contributed by atoms with Gasteiger partial charge in [0.1, 0.15) is 5.78 Å². The number of carbonyl (C=O) groups is 1. The topological polar surface area (TPSA) is 20.3 Å². The molecule has 2 heteroatoms. The smallest absolute Gasteiger partial charge is 0.147 e. The summed E-state index contributed by atoms with van der Waals surface area (Å²) in [5.74, 6) is 0.195. The Bertz CT molecular complexity index is 2770. The van der Waals surface area contributed by atoms with Crippen LogP contribution in [0.4, 0.5) is 0 Å². The van der Waals surface area contributed by atoms with Gasteiger partial charge in [0, 0.05) is 12.0 Å². The lowest BCUT2D eigenvalue weighted by Gasteiger charge is -2.54. The number of nitrogens with zero attached hydrogens (tertiary/aromatic N) is 1. The molecular weight excluding hydrogens is 739 g/mol. The third-order valence-corrected chi connectivity index (χ3v) is 14.5. The van der Waals surface area contributed by atoms with Crippen LogP contribution in [0.2, 0.25) is 0 Å². The van der Waals surface area contributed by atoms with Crippen molar-refractivity contribution >= 4 is 5.78 Å². The molecule has 3 atom stereocenters. The van der Waals surface area contributed by atoms with Gasteiger partial charge < -0.3 is 0 Å². The van der Waals surface area contributed by atoms with Gasteiger partial charge in [-0.25, -0.2) is 0 Å². The summed E-state index contributed by atoms with van der Waals surface area (Å²) in [7, 11) is 0. The molecule has 8 aromatic carbocycles. The Hall–Kier alpha value is -6.61. The molecule has 2 aliphatic heterocycles. The van der Waals surface area contributed by atoms with Gasteiger partial charge in [-0.1, -0.05) is 183 Å². The van der Waals surface area contributed by atoms with Crippen LogP contribution in [0.15, 0.2) is 200 Å². The highest BCUT2D eigenvalue weighted by molar-refractivity contribution is 5.98. The zero-order chi connectivity index (χ0) is 41.1. The molecule has 0 radical (unpaired) electrons. The third kappa shape index (κ3) is 5.62. The Labute approximate surface area is 360 Å². The van der Waals surface area contributed by atoms with Gasteiger partial charge in [-0.2, -0.15) is 0 Å². The van der Waals surface area contributed by atoms with E-state index in [-0.39, 0.29) is 17.7 Å². The molecule has 3 aliphatic rings. The average Bonchev–Trinajstić information content (AvgIpc) is 3.74. The summed E-state index contributed by atoms with van der Waals surface area (Å²) in [5.41, 5.74) is 17.8. The van der Waals surface area contributed by atoms with E-state index in [4.69, 9.17) is 0 Å².